The van der Waals surface area contributed by atoms with Gasteiger partial charge in [-0.3, -0.25) is 0 Å². The van der Waals surface area contributed by atoms with Crippen LogP contribution in [0.3, 0.4) is 0 Å². The third kappa shape index (κ3) is 0.340. The fourth-order valence-electron chi connectivity index (χ4n) is 0.540. The molecule has 0 saturated carbocycles. The lowest BCUT2D eigenvalue weighted by Crippen LogP contribution is -1.92. The number of rotatable bonds is 1. The molecule has 2 saturated heterocycles. The van der Waals surface area contributed by atoms with Crippen molar-refractivity contribution in [2.45, 2.75) is 12.2 Å². The van der Waals surface area contributed by atoms with Gasteiger partial charge in [-0.05, 0) is 0 Å². The summed E-state index contributed by atoms with van der Waals surface area (Å²) >= 11 is 0. The quantitative estimate of drug-likeness (QED) is 0.412. The van der Waals surface area contributed by atoms with Crippen LogP contribution in [-0.2, 0) is 9.47 Å². The van der Waals surface area contributed by atoms with E-state index in [-0.39, 0.29) is 0 Å². The third-order valence-corrected chi connectivity index (χ3v) is 1.13. The Hall–Kier alpha value is -0.0800. The van der Waals surface area contributed by atoms with Gasteiger partial charge in [0.15, 0.2) is 0 Å². The predicted molar refractivity (Wildman–Crippen MR) is 19.5 cm³/mol. The lowest BCUT2D eigenvalue weighted by atomic mass is 10.4. The molecule has 2 atom stereocenters. The fraction of sp³-hybridized carbons (Fsp3) is 1.00. The predicted octanol–water partition coefficient (Wildman–Crippen LogP) is -0.216. The van der Waals surface area contributed by atoms with Crippen molar-refractivity contribution in [3.63, 3.8) is 0 Å². The Balaban J connectivity index is 1.92. The van der Waals surface area contributed by atoms with Crippen LogP contribution < -0.4 is 0 Å². The van der Waals surface area contributed by atoms with Crippen LogP contribution in [0.25, 0.3) is 0 Å². The van der Waals surface area contributed by atoms with Crippen LogP contribution in [-0.4, -0.2) is 25.4 Å². The van der Waals surface area contributed by atoms with Crippen molar-refractivity contribution < 1.29 is 9.47 Å². The number of hydrogen-bond donors (Lipinski definition) is 0. The van der Waals surface area contributed by atoms with Crippen molar-refractivity contribution in [3.05, 3.63) is 0 Å². The van der Waals surface area contributed by atoms with E-state index in [2.05, 4.69) is 0 Å². The summed E-state index contributed by atoms with van der Waals surface area (Å²) in [5.41, 5.74) is 0. The van der Waals surface area contributed by atoms with Gasteiger partial charge in [0.25, 0.3) is 0 Å². The molecule has 0 aromatic rings. The molecular weight excluding hydrogens is 80.0 g/mol. The minimum Gasteiger partial charge on any atom is -0.370 e. The summed E-state index contributed by atoms with van der Waals surface area (Å²) in [6, 6.07) is 0. The van der Waals surface area contributed by atoms with Crippen molar-refractivity contribution in [3.8, 4) is 0 Å². The van der Waals surface area contributed by atoms with Gasteiger partial charge in [-0.2, -0.15) is 0 Å². The summed E-state index contributed by atoms with van der Waals surface area (Å²) < 4.78 is 9.81. The Morgan fingerprint density at radius 1 is 1.00 bits per heavy atom. The number of epoxide rings is 2. The maximum absolute atomic E-state index is 4.91. The van der Waals surface area contributed by atoms with Crippen LogP contribution in [0.15, 0.2) is 0 Å². The van der Waals surface area contributed by atoms with E-state index in [9.17, 15) is 0 Å². The second kappa shape index (κ2) is 0.768. The van der Waals surface area contributed by atoms with Crippen molar-refractivity contribution in [1.29, 1.82) is 0 Å². The monoisotopic (exact) mass is 86.0 g/mol. The molecule has 0 amide bonds. The summed E-state index contributed by atoms with van der Waals surface area (Å²) in [7, 11) is 0. The van der Waals surface area contributed by atoms with Crippen LogP contribution in [0.4, 0.5) is 0 Å². The molecule has 0 unspecified atom stereocenters. The van der Waals surface area contributed by atoms with Crippen LogP contribution in [0, 0.1) is 0 Å². The molecule has 0 spiro atoms. The zero-order chi connectivity index (χ0) is 3.98. The van der Waals surface area contributed by atoms with Crippen LogP contribution >= 0.6 is 0 Å². The average molecular weight is 86.1 g/mol. The van der Waals surface area contributed by atoms with Gasteiger partial charge in [-0.25, -0.2) is 0 Å². The third-order valence-electron chi connectivity index (χ3n) is 1.13. The first-order valence-corrected chi connectivity index (χ1v) is 2.20. The molecule has 0 N–H and O–H groups in total. The fourth-order valence-corrected chi connectivity index (χ4v) is 0.540. The largest absolute Gasteiger partial charge is 0.370 e. The maximum atomic E-state index is 4.91. The minimum atomic E-state index is 0.491. The molecule has 0 aliphatic carbocycles. The zero-order valence-electron chi connectivity index (χ0n) is 3.39. The first-order valence-electron chi connectivity index (χ1n) is 2.20. The Morgan fingerprint density at radius 2 is 1.33 bits per heavy atom. The summed E-state index contributed by atoms with van der Waals surface area (Å²) in [5, 5.41) is 0. The summed E-state index contributed by atoms with van der Waals surface area (Å²) in [5.74, 6) is 0. The van der Waals surface area contributed by atoms with E-state index in [0.29, 0.717) is 12.2 Å². The zero-order valence-corrected chi connectivity index (χ0v) is 3.39. The summed E-state index contributed by atoms with van der Waals surface area (Å²) in [4.78, 5) is 0. The molecule has 0 radical (unpaired) electrons. The normalized spacial score (nSPS) is 52.0. The lowest BCUT2D eigenvalue weighted by Gasteiger charge is -1.70. The topological polar surface area (TPSA) is 25.1 Å². The second-order valence-corrected chi connectivity index (χ2v) is 1.74. The van der Waals surface area contributed by atoms with Crippen LogP contribution in [0.1, 0.15) is 0 Å². The van der Waals surface area contributed by atoms with E-state index in [1.165, 1.54) is 0 Å². The van der Waals surface area contributed by atoms with Gasteiger partial charge in [0.1, 0.15) is 12.2 Å². The maximum Gasteiger partial charge on any atom is 0.109 e. The summed E-state index contributed by atoms with van der Waals surface area (Å²) in [6.07, 6.45) is 0.981. The molecule has 2 fully saturated rings. The van der Waals surface area contributed by atoms with E-state index < -0.39 is 0 Å². The molecule has 2 nitrogen and oxygen atoms in total. The van der Waals surface area contributed by atoms with Gasteiger partial charge in [0.05, 0.1) is 13.2 Å². The minimum absolute atomic E-state index is 0.491. The van der Waals surface area contributed by atoms with Crippen molar-refractivity contribution in [2.75, 3.05) is 13.2 Å². The molecule has 2 rings (SSSR count). The van der Waals surface area contributed by atoms with Gasteiger partial charge < -0.3 is 9.47 Å². The van der Waals surface area contributed by atoms with Gasteiger partial charge in [-0.1, -0.05) is 0 Å². The number of ether oxygens (including phenoxy) is 2. The van der Waals surface area contributed by atoms with Crippen molar-refractivity contribution in [2.24, 2.45) is 0 Å². The highest BCUT2D eigenvalue weighted by atomic mass is 16.6. The number of hydrogen-bond acceptors (Lipinski definition) is 2. The van der Waals surface area contributed by atoms with Gasteiger partial charge >= 0.3 is 0 Å². The molecule has 34 valence electrons. The Kier molecular flexibility index (Phi) is 0.383. The second-order valence-electron chi connectivity index (χ2n) is 1.74. The van der Waals surface area contributed by atoms with Gasteiger partial charge in [0.2, 0.25) is 0 Å². The Labute approximate surface area is 36.0 Å². The summed E-state index contributed by atoms with van der Waals surface area (Å²) in [6.45, 7) is 1.87. The molecule has 0 aromatic carbocycles. The average Bonchev–Trinajstić information content (AvgIpc) is 2.26. The smallest absolute Gasteiger partial charge is 0.109 e. The molecule has 2 aliphatic rings. The van der Waals surface area contributed by atoms with E-state index in [0.717, 1.165) is 13.2 Å². The van der Waals surface area contributed by atoms with E-state index in [1.807, 2.05) is 0 Å². The van der Waals surface area contributed by atoms with Crippen molar-refractivity contribution >= 4 is 0 Å². The highest BCUT2D eigenvalue weighted by molar-refractivity contribution is 4.86. The Morgan fingerprint density at radius 3 is 1.50 bits per heavy atom. The van der Waals surface area contributed by atoms with Crippen molar-refractivity contribution in [1.82, 2.24) is 0 Å². The molecular formula is C4H6O2. The molecule has 2 aliphatic heterocycles. The molecule has 0 bridgehead atoms. The lowest BCUT2D eigenvalue weighted by molar-refractivity contribution is 0.325. The molecule has 6 heavy (non-hydrogen) atoms. The Bertz CT molecular complexity index is 53.9. The first-order chi connectivity index (χ1) is 2.97. The van der Waals surface area contributed by atoms with Gasteiger partial charge in [0, 0.05) is 0 Å². The first kappa shape index (κ1) is 2.99. The van der Waals surface area contributed by atoms with Crippen LogP contribution in [0.5, 0.6) is 0 Å². The van der Waals surface area contributed by atoms with E-state index in [4.69, 9.17) is 9.47 Å². The highest BCUT2D eigenvalue weighted by Gasteiger charge is 2.41. The highest BCUT2D eigenvalue weighted by Crippen LogP contribution is 2.25. The van der Waals surface area contributed by atoms with E-state index in [1.54, 1.807) is 0 Å². The molecule has 2 heterocycles. The molecule has 2 heteroatoms. The SMILES string of the molecule is C1O[C@@H]1[C@@H]1CO1. The standard InChI is InChI=1S/C4H6O2/c1-3(5-1)4-2-6-4/h3-4H,1-2H2/t3-,4-/m0/s1. The van der Waals surface area contributed by atoms with E-state index >= 15 is 0 Å². The van der Waals surface area contributed by atoms with Gasteiger partial charge in [-0.15, -0.1) is 0 Å². The van der Waals surface area contributed by atoms with Crippen LogP contribution in [0.2, 0.25) is 0 Å². The molecule has 0 aromatic heterocycles.